The van der Waals surface area contributed by atoms with Crippen molar-refractivity contribution in [1.82, 2.24) is 10.3 Å². The molecule has 35 heavy (non-hydrogen) atoms. The van der Waals surface area contributed by atoms with Crippen LogP contribution in [0.25, 0.3) is 11.5 Å². The first kappa shape index (κ1) is 26.2. The highest BCUT2D eigenvalue weighted by Crippen LogP contribution is 2.37. The van der Waals surface area contributed by atoms with Crippen molar-refractivity contribution in [2.75, 3.05) is 11.0 Å². The predicted octanol–water partition coefficient (Wildman–Crippen LogP) is 5.51. The maximum atomic E-state index is 14.2. The predicted molar refractivity (Wildman–Crippen MR) is 114 cm³/mol. The van der Waals surface area contributed by atoms with Gasteiger partial charge < -0.3 is 14.5 Å². The van der Waals surface area contributed by atoms with Crippen LogP contribution < -0.4 is 14.8 Å². The van der Waals surface area contributed by atoms with Crippen LogP contribution in [0.5, 0.6) is 5.88 Å². The van der Waals surface area contributed by atoms with Crippen LogP contribution in [0.3, 0.4) is 0 Å². The van der Waals surface area contributed by atoms with Crippen LogP contribution in [-0.2, 0) is 16.2 Å². The molecule has 1 heterocycles. The second-order valence-corrected chi connectivity index (χ2v) is 9.33. The van der Waals surface area contributed by atoms with Crippen molar-refractivity contribution in [1.29, 1.82) is 0 Å². The first-order chi connectivity index (χ1) is 16.1. The molecule has 8 nitrogen and oxygen atoms in total. The number of anilines is 1. The van der Waals surface area contributed by atoms with Gasteiger partial charge in [-0.15, -0.1) is 0 Å². The van der Waals surface area contributed by atoms with Gasteiger partial charge in [0.05, 0.1) is 22.9 Å². The van der Waals surface area contributed by atoms with Crippen molar-refractivity contribution in [3.63, 3.8) is 0 Å². The largest absolute Gasteiger partial charge is 0.440 e. The van der Waals surface area contributed by atoms with E-state index in [1.54, 1.807) is 4.72 Å². The number of benzene rings is 2. The summed E-state index contributed by atoms with van der Waals surface area (Å²) in [7, 11) is -3.94. The molecule has 2 N–H and O–H groups in total. The lowest BCUT2D eigenvalue weighted by molar-refractivity contribution is -0.137. The molecule has 0 aliphatic heterocycles. The van der Waals surface area contributed by atoms with Gasteiger partial charge in [-0.1, -0.05) is 11.6 Å². The summed E-state index contributed by atoms with van der Waals surface area (Å²) in [6.45, 7) is 1.36. The SMILES string of the molecule is CC(NC(=O)Oc1coc(-c2ccc(Cl)c(C(F)(F)F)c2)n1)c1cc(F)c(NS(C)(=O)=O)c(F)c1. The standard InChI is InChI=1S/C20H15ClF5N3O5S/c1-9(11-6-14(22)17(15(23)7-11)29-35(2,31)32)27-19(30)34-16-8-33-18(28-16)10-3-4-13(21)12(5-10)20(24,25)26/h3-9,29H,1-2H3,(H,27,30). The summed E-state index contributed by atoms with van der Waals surface area (Å²) in [5.41, 5.74) is -2.13. The Morgan fingerprint density at radius 3 is 2.37 bits per heavy atom. The van der Waals surface area contributed by atoms with Gasteiger partial charge in [0.15, 0.2) is 17.9 Å². The van der Waals surface area contributed by atoms with Gasteiger partial charge in [0.1, 0.15) is 5.69 Å². The summed E-state index contributed by atoms with van der Waals surface area (Å²) in [6.07, 6.45) is -4.25. The number of carbonyl (C=O) groups excluding carboxylic acids is 1. The summed E-state index contributed by atoms with van der Waals surface area (Å²) in [5, 5.41) is 1.75. The molecule has 188 valence electrons. The third kappa shape index (κ3) is 6.60. The molecule has 3 aromatic rings. The van der Waals surface area contributed by atoms with Gasteiger partial charge in [-0.2, -0.15) is 18.2 Å². The van der Waals surface area contributed by atoms with E-state index in [-0.39, 0.29) is 17.0 Å². The Morgan fingerprint density at radius 1 is 1.17 bits per heavy atom. The van der Waals surface area contributed by atoms with Crippen LogP contribution in [-0.4, -0.2) is 25.8 Å². The Bertz CT molecular complexity index is 1350. The quantitative estimate of drug-likeness (QED) is 0.400. The van der Waals surface area contributed by atoms with Crippen molar-refractivity contribution in [3.05, 3.63) is 64.4 Å². The molecule has 2 aromatic carbocycles. The van der Waals surface area contributed by atoms with Crippen LogP contribution >= 0.6 is 11.6 Å². The number of amides is 1. The number of ether oxygens (including phenoxy) is 1. The minimum absolute atomic E-state index is 0.0577. The van der Waals surface area contributed by atoms with Gasteiger partial charge >= 0.3 is 12.3 Å². The number of aromatic nitrogens is 1. The van der Waals surface area contributed by atoms with E-state index in [1.165, 1.54) is 13.0 Å². The second-order valence-electron chi connectivity index (χ2n) is 7.17. The fourth-order valence-corrected chi connectivity index (χ4v) is 3.61. The van der Waals surface area contributed by atoms with Crippen molar-refractivity contribution < 1.29 is 44.3 Å². The number of nitrogens with one attached hydrogen (secondary N) is 2. The number of rotatable bonds is 6. The lowest BCUT2D eigenvalue weighted by Gasteiger charge is -2.15. The van der Waals surface area contributed by atoms with E-state index in [0.29, 0.717) is 6.07 Å². The van der Waals surface area contributed by atoms with Crippen molar-refractivity contribution in [2.24, 2.45) is 0 Å². The zero-order valence-electron chi connectivity index (χ0n) is 17.7. The maximum absolute atomic E-state index is 14.2. The number of alkyl halides is 3. The molecule has 0 bridgehead atoms. The monoisotopic (exact) mass is 539 g/mol. The van der Waals surface area contributed by atoms with E-state index in [2.05, 4.69) is 10.3 Å². The Kier molecular flexibility index (Phi) is 7.26. The molecular weight excluding hydrogens is 525 g/mol. The van der Waals surface area contributed by atoms with Crippen LogP contribution in [0, 0.1) is 11.6 Å². The van der Waals surface area contributed by atoms with Gasteiger partial charge in [0, 0.05) is 5.56 Å². The Balaban J connectivity index is 1.70. The van der Waals surface area contributed by atoms with E-state index in [9.17, 15) is 35.2 Å². The number of sulfonamides is 1. The molecular formula is C20H15ClF5N3O5S. The number of oxazole rings is 1. The lowest BCUT2D eigenvalue weighted by atomic mass is 10.1. The fraction of sp³-hybridized carbons (Fsp3) is 0.200. The molecule has 0 spiro atoms. The summed E-state index contributed by atoms with van der Waals surface area (Å²) in [4.78, 5) is 15.9. The molecule has 0 aliphatic rings. The smallest absolute Gasteiger partial charge is 0.417 e. The highest BCUT2D eigenvalue weighted by atomic mass is 35.5. The van der Waals surface area contributed by atoms with Gasteiger partial charge in [-0.25, -0.2) is 22.0 Å². The molecule has 0 saturated carbocycles. The highest BCUT2D eigenvalue weighted by Gasteiger charge is 2.33. The molecule has 15 heteroatoms. The average Bonchev–Trinajstić information content (AvgIpc) is 3.17. The summed E-state index contributed by atoms with van der Waals surface area (Å²) >= 11 is 5.57. The number of halogens is 6. The molecule has 1 amide bonds. The molecule has 3 rings (SSSR count). The number of nitrogens with zero attached hydrogens (tertiary/aromatic N) is 1. The minimum Gasteiger partial charge on any atom is -0.440 e. The molecule has 0 fully saturated rings. The summed E-state index contributed by atoms with van der Waals surface area (Å²) in [5.74, 6) is -3.12. The molecule has 1 aromatic heterocycles. The fourth-order valence-electron chi connectivity index (χ4n) is 2.82. The average molecular weight is 540 g/mol. The number of carbonyl (C=O) groups is 1. The Morgan fingerprint density at radius 2 is 1.80 bits per heavy atom. The zero-order chi connectivity index (χ0) is 26.1. The molecule has 0 aliphatic carbocycles. The van der Waals surface area contributed by atoms with Crippen molar-refractivity contribution in [3.8, 4) is 17.3 Å². The van der Waals surface area contributed by atoms with E-state index >= 15 is 0 Å². The normalized spacial score (nSPS) is 12.8. The van der Waals surface area contributed by atoms with E-state index in [4.69, 9.17) is 20.8 Å². The first-order valence-electron chi connectivity index (χ1n) is 9.42. The minimum atomic E-state index is -4.72. The van der Waals surface area contributed by atoms with E-state index < -0.39 is 62.1 Å². The Hall–Kier alpha value is -3.39. The second kappa shape index (κ2) is 9.70. The van der Waals surface area contributed by atoms with Crippen LogP contribution in [0.1, 0.15) is 24.1 Å². The Labute approximate surface area is 200 Å². The van der Waals surface area contributed by atoms with Crippen LogP contribution in [0.15, 0.2) is 41.0 Å². The van der Waals surface area contributed by atoms with E-state index in [1.807, 2.05) is 0 Å². The maximum Gasteiger partial charge on any atom is 0.417 e. The zero-order valence-corrected chi connectivity index (χ0v) is 19.3. The van der Waals surface area contributed by atoms with Crippen molar-refractivity contribution in [2.45, 2.75) is 19.1 Å². The van der Waals surface area contributed by atoms with E-state index in [0.717, 1.165) is 30.7 Å². The third-order valence-electron chi connectivity index (χ3n) is 4.39. The number of hydrogen-bond acceptors (Lipinski definition) is 6. The van der Waals surface area contributed by atoms with Gasteiger partial charge in [0.25, 0.3) is 5.88 Å². The molecule has 1 unspecified atom stereocenters. The molecule has 0 radical (unpaired) electrons. The summed E-state index contributed by atoms with van der Waals surface area (Å²) < 4.78 is 102. The highest BCUT2D eigenvalue weighted by molar-refractivity contribution is 7.92. The topological polar surface area (TPSA) is 111 Å². The summed E-state index contributed by atoms with van der Waals surface area (Å²) in [6, 6.07) is 3.57. The first-order valence-corrected chi connectivity index (χ1v) is 11.7. The lowest BCUT2D eigenvalue weighted by Crippen LogP contribution is -2.29. The van der Waals surface area contributed by atoms with Gasteiger partial charge in [-0.05, 0) is 42.8 Å². The van der Waals surface area contributed by atoms with Crippen LogP contribution in [0.4, 0.5) is 32.4 Å². The van der Waals surface area contributed by atoms with Gasteiger partial charge in [0.2, 0.25) is 15.9 Å². The van der Waals surface area contributed by atoms with Crippen LogP contribution in [0.2, 0.25) is 5.02 Å². The molecule has 1 atom stereocenters. The van der Waals surface area contributed by atoms with Crippen molar-refractivity contribution >= 4 is 33.4 Å². The molecule has 0 saturated heterocycles. The number of hydrogen-bond donors (Lipinski definition) is 2. The van der Waals surface area contributed by atoms with Gasteiger partial charge in [-0.3, -0.25) is 4.72 Å². The third-order valence-corrected chi connectivity index (χ3v) is 5.29.